The molecule has 1 saturated carbocycles. The highest BCUT2D eigenvalue weighted by molar-refractivity contribution is 6.42. The van der Waals surface area contributed by atoms with Crippen LogP contribution >= 0.6 is 23.2 Å². The molecule has 1 aromatic carbocycles. The van der Waals surface area contributed by atoms with Gasteiger partial charge in [-0.05, 0) is 44.0 Å². The SMILES string of the molecule is CCN(CCNC(C)c1ccc(Cl)c(Cl)c1)C1CC1. The first-order valence-corrected chi connectivity index (χ1v) is 7.79. The molecule has 1 aliphatic carbocycles. The largest absolute Gasteiger partial charge is 0.309 e. The molecule has 0 heterocycles. The normalized spacial score (nSPS) is 16.9. The smallest absolute Gasteiger partial charge is 0.0595 e. The lowest BCUT2D eigenvalue weighted by Crippen LogP contribution is -2.34. The zero-order valence-corrected chi connectivity index (χ0v) is 13.1. The van der Waals surface area contributed by atoms with Gasteiger partial charge in [-0.3, -0.25) is 4.90 Å². The molecule has 0 bridgehead atoms. The minimum atomic E-state index is 0.299. The molecule has 1 aliphatic rings. The van der Waals surface area contributed by atoms with E-state index in [2.05, 4.69) is 24.1 Å². The van der Waals surface area contributed by atoms with E-state index in [-0.39, 0.29) is 0 Å². The Kier molecular flexibility index (Phi) is 5.52. The number of halogens is 2. The molecule has 0 aromatic heterocycles. The number of likely N-dealkylation sites (N-methyl/N-ethyl adjacent to an activating group) is 1. The van der Waals surface area contributed by atoms with Crippen LogP contribution in [0.2, 0.25) is 10.0 Å². The summed E-state index contributed by atoms with van der Waals surface area (Å²) in [6.07, 6.45) is 2.74. The lowest BCUT2D eigenvalue weighted by Gasteiger charge is -2.22. The molecular weight excluding hydrogens is 279 g/mol. The van der Waals surface area contributed by atoms with Crippen LogP contribution in [0.5, 0.6) is 0 Å². The van der Waals surface area contributed by atoms with Crippen molar-refractivity contribution in [2.24, 2.45) is 0 Å². The molecule has 0 amide bonds. The number of nitrogens with one attached hydrogen (secondary N) is 1. The first-order chi connectivity index (χ1) is 9.11. The summed E-state index contributed by atoms with van der Waals surface area (Å²) in [6.45, 7) is 7.67. The molecule has 106 valence electrons. The van der Waals surface area contributed by atoms with Gasteiger partial charge in [0.2, 0.25) is 0 Å². The highest BCUT2D eigenvalue weighted by Crippen LogP contribution is 2.27. The van der Waals surface area contributed by atoms with Crippen LogP contribution in [0.4, 0.5) is 0 Å². The quantitative estimate of drug-likeness (QED) is 0.814. The molecule has 1 fully saturated rings. The van der Waals surface area contributed by atoms with Crippen LogP contribution in [0, 0.1) is 0 Å². The Hall–Kier alpha value is -0.280. The number of nitrogens with zero attached hydrogens (tertiary/aromatic N) is 1. The summed E-state index contributed by atoms with van der Waals surface area (Å²) in [6, 6.07) is 6.98. The summed E-state index contributed by atoms with van der Waals surface area (Å²) >= 11 is 12.0. The van der Waals surface area contributed by atoms with Gasteiger partial charge in [-0.15, -0.1) is 0 Å². The fourth-order valence-electron chi connectivity index (χ4n) is 2.36. The maximum absolute atomic E-state index is 6.05. The number of rotatable bonds is 7. The lowest BCUT2D eigenvalue weighted by molar-refractivity contribution is 0.273. The second kappa shape index (κ2) is 6.94. The highest BCUT2D eigenvalue weighted by Gasteiger charge is 2.27. The van der Waals surface area contributed by atoms with E-state index in [0.717, 1.165) is 25.7 Å². The van der Waals surface area contributed by atoms with E-state index in [1.807, 2.05) is 18.2 Å². The average Bonchev–Trinajstić information content (AvgIpc) is 3.22. The van der Waals surface area contributed by atoms with Crippen molar-refractivity contribution in [1.29, 1.82) is 0 Å². The van der Waals surface area contributed by atoms with Gasteiger partial charge in [0.05, 0.1) is 10.0 Å². The predicted octanol–water partition coefficient (Wildman–Crippen LogP) is 4.13. The molecule has 2 nitrogen and oxygen atoms in total. The van der Waals surface area contributed by atoms with Crippen LogP contribution in [-0.2, 0) is 0 Å². The van der Waals surface area contributed by atoms with E-state index in [1.165, 1.54) is 18.4 Å². The van der Waals surface area contributed by atoms with Crippen molar-refractivity contribution in [2.75, 3.05) is 19.6 Å². The van der Waals surface area contributed by atoms with E-state index in [9.17, 15) is 0 Å². The van der Waals surface area contributed by atoms with Crippen molar-refractivity contribution < 1.29 is 0 Å². The maximum Gasteiger partial charge on any atom is 0.0595 e. The second-order valence-electron chi connectivity index (χ2n) is 5.21. The van der Waals surface area contributed by atoms with Gasteiger partial charge in [-0.25, -0.2) is 0 Å². The molecular formula is C15H22Cl2N2. The third-order valence-electron chi connectivity index (χ3n) is 3.76. The Morgan fingerprint density at radius 3 is 2.63 bits per heavy atom. The van der Waals surface area contributed by atoms with Crippen LogP contribution in [-0.4, -0.2) is 30.6 Å². The molecule has 0 saturated heterocycles. The van der Waals surface area contributed by atoms with Gasteiger partial charge in [0.1, 0.15) is 0 Å². The van der Waals surface area contributed by atoms with Gasteiger partial charge in [-0.2, -0.15) is 0 Å². The summed E-state index contributed by atoms with van der Waals surface area (Å²) in [5.74, 6) is 0. The van der Waals surface area contributed by atoms with Crippen LogP contribution in [0.25, 0.3) is 0 Å². The summed E-state index contributed by atoms with van der Waals surface area (Å²) in [7, 11) is 0. The second-order valence-corrected chi connectivity index (χ2v) is 6.02. The minimum Gasteiger partial charge on any atom is -0.309 e. The van der Waals surface area contributed by atoms with E-state index in [0.29, 0.717) is 16.1 Å². The lowest BCUT2D eigenvalue weighted by atomic mass is 10.1. The average molecular weight is 301 g/mol. The van der Waals surface area contributed by atoms with Crippen LogP contribution in [0.1, 0.15) is 38.3 Å². The molecule has 19 heavy (non-hydrogen) atoms. The third kappa shape index (κ3) is 4.35. The Balaban J connectivity index is 1.79. The van der Waals surface area contributed by atoms with Crippen LogP contribution < -0.4 is 5.32 Å². The summed E-state index contributed by atoms with van der Waals surface area (Å²) in [5.41, 5.74) is 1.18. The molecule has 1 atom stereocenters. The van der Waals surface area contributed by atoms with E-state index in [4.69, 9.17) is 23.2 Å². The molecule has 1 N–H and O–H groups in total. The Morgan fingerprint density at radius 2 is 2.05 bits per heavy atom. The van der Waals surface area contributed by atoms with Gasteiger partial charge in [0.25, 0.3) is 0 Å². The fourth-order valence-corrected chi connectivity index (χ4v) is 2.67. The predicted molar refractivity (Wildman–Crippen MR) is 83.1 cm³/mol. The van der Waals surface area contributed by atoms with Crippen molar-refractivity contribution in [2.45, 2.75) is 38.8 Å². The first-order valence-electron chi connectivity index (χ1n) is 7.04. The first kappa shape index (κ1) is 15.1. The van der Waals surface area contributed by atoms with E-state index < -0.39 is 0 Å². The van der Waals surface area contributed by atoms with Crippen LogP contribution in [0.15, 0.2) is 18.2 Å². The van der Waals surface area contributed by atoms with Gasteiger partial charge in [0, 0.05) is 25.2 Å². The van der Waals surface area contributed by atoms with Gasteiger partial charge in [0.15, 0.2) is 0 Å². The van der Waals surface area contributed by atoms with Crippen molar-refractivity contribution in [1.82, 2.24) is 10.2 Å². The zero-order chi connectivity index (χ0) is 13.8. The molecule has 0 radical (unpaired) electrons. The highest BCUT2D eigenvalue weighted by atomic mass is 35.5. The Morgan fingerprint density at radius 1 is 1.32 bits per heavy atom. The molecule has 0 spiro atoms. The van der Waals surface area contributed by atoms with Gasteiger partial charge in [-0.1, -0.05) is 36.2 Å². The monoisotopic (exact) mass is 300 g/mol. The maximum atomic E-state index is 6.05. The molecule has 1 aromatic rings. The van der Waals surface area contributed by atoms with E-state index in [1.54, 1.807) is 0 Å². The zero-order valence-electron chi connectivity index (χ0n) is 11.6. The number of hydrogen-bond donors (Lipinski definition) is 1. The summed E-state index contributed by atoms with van der Waals surface area (Å²) in [5, 5.41) is 4.79. The van der Waals surface area contributed by atoms with Crippen LogP contribution in [0.3, 0.4) is 0 Å². The third-order valence-corrected chi connectivity index (χ3v) is 4.50. The number of benzene rings is 1. The van der Waals surface area contributed by atoms with Crippen molar-refractivity contribution in [3.63, 3.8) is 0 Å². The fraction of sp³-hybridized carbons (Fsp3) is 0.600. The Bertz CT molecular complexity index is 419. The summed E-state index contributed by atoms with van der Waals surface area (Å²) < 4.78 is 0. The Labute approximate surface area is 126 Å². The molecule has 2 rings (SSSR count). The topological polar surface area (TPSA) is 15.3 Å². The number of hydrogen-bond acceptors (Lipinski definition) is 2. The van der Waals surface area contributed by atoms with E-state index >= 15 is 0 Å². The molecule has 4 heteroatoms. The standard InChI is InChI=1S/C15H22Cl2N2/c1-3-19(13-5-6-13)9-8-18-11(2)12-4-7-14(16)15(17)10-12/h4,7,10-11,13,18H,3,5-6,8-9H2,1-2H3. The van der Waals surface area contributed by atoms with Crippen molar-refractivity contribution in [3.8, 4) is 0 Å². The van der Waals surface area contributed by atoms with Crippen molar-refractivity contribution >= 4 is 23.2 Å². The van der Waals surface area contributed by atoms with Gasteiger partial charge < -0.3 is 5.32 Å². The minimum absolute atomic E-state index is 0.299. The summed E-state index contributed by atoms with van der Waals surface area (Å²) in [4.78, 5) is 2.55. The van der Waals surface area contributed by atoms with Crippen molar-refractivity contribution in [3.05, 3.63) is 33.8 Å². The molecule has 0 aliphatic heterocycles. The van der Waals surface area contributed by atoms with Gasteiger partial charge >= 0.3 is 0 Å². The molecule has 1 unspecified atom stereocenters.